The normalized spacial score (nSPS) is 11.9. The van der Waals surface area contributed by atoms with E-state index in [2.05, 4.69) is 62.8 Å². The Morgan fingerprint density at radius 1 is 1.26 bits per heavy atom. The van der Waals surface area contributed by atoms with Gasteiger partial charge in [-0.2, -0.15) is 0 Å². The molecule has 1 aromatic carbocycles. The Morgan fingerprint density at radius 3 is 2.47 bits per heavy atom. The van der Waals surface area contributed by atoms with Crippen LogP contribution in [0.1, 0.15) is 26.6 Å². The van der Waals surface area contributed by atoms with Gasteiger partial charge in [0.1, 0.15) is 11.6 Å². The zero-order chi connectivity index (χ0) is 14.2. The van der Waals surface area contributed by atoms with E-state index >= 15 is 0 Å². The molecule has 6 heteroatoms. The van der Waals surface area contributed by atoms with E-state index in [1.54, 1.807) is 6.07 Å². The molecule has 19 heavy (non-hydrogen) atoms. The molecule has 0 N–H and O–H groups in total. The summed E-state index contributed by atoms with van der Waals surface area (Å²) in [5.41, 5.74) is 0.543. The van der Waals surface area contributed by atoms with Crippen LogP contribution in [-0.2, 0) is 10.9 Å². The zero-order valence-electron chi connectivity index (χ0n) is 10.9. The van der Waals surface area contributed by atoms with E-state index in [-0.39, 0.29) is 11.4 Å². The number of aromatic nitrogens is 3. The van der Waals surface area contributed by atoms with Crippen LogP contribution in [0.15, 0.2) is 22.7 Å². The summed E-state index contributed by atoms with van der Waals surface area (Å²) in [6, 6.07) is 4.98. The largest absolute Gasteiger partial charge is 0.305 e. The quantitative estimate of drug-likeness (QED) is 0.707. The van der Waals surface area contributed by atoms with Gasteiger partial charge in [-0.3, -0.25) is 0 Å². The monoisotopic (exact) mass is 389 g/mol. The van der Waals surface area contributed by atoms with Crippen molar-refractivity contribution < 1.29 is 4.39 Å². The first-order chi connectivity index (χ1) is 8.84. The van der Waals surface area contributed by atoms with Crippen LogP contribution in [0.3, 0.4) is 0 Å². The maximum atomic E-state index is 13.7. The van der Waals surface area contributed by atoms with Gasteiger partial charge in [0.25, 0.3) is 0 Å². The first-order valence-electron chi connectivity index (χ1n) is 5.80. The Bertz CT molecular complexity index is 602. The minimum atomic E-state index is -0.304. The molecule has 0 amide bonds. The highest BCUT2D eigenvalue weighted by Gasteiger charge is 2.23. The molecule has 3 nitrogen and oxygen atoms in total. The highest BCUT2D eigenvalue weighted by Crippen LogP contribution is 2.29. The molecule has 0 atom stereocenters. The number of hydrogen-bond acceptors (Lipinski definition) is 2. The van der Waals surface area contributed by atoms with Gasteiger partial charge in [0.15, 0.2) is 5.82 Å². The third-order valence-corrected chi connectivity index (χ3v) is 3.84. The molecule has 2 aromatic rings. The molecule has 0 aliphatic rings. The van der Waals surface area contributed by atoms with Crippen molar-refractivity contribution in [2.24, 2.45) is 0 Å². The van der Waals surface area contributed by atoms with E-state index in [0.29, 0.717) is 15.6 Å². The molecule has 0 fully saturated rings. The lowest BCUT2D eigenvalue weighted by molar-refractivity contribution is 0.390. The van der Waals surface area contributed by atoms with E-state index < -0.39 is 0 Å². The van der Waals surface area contributed by atoms with E-state index in [4.69, 9.17) is 0 Å². The van der Waals surface area contributed by atoms with Gasteiger partial charge in [0.2, 0.25) is 0 Å². The van der Waals surface area contributed by atoms with E-state index in [0.717, 1.165) is 11.4 Å². The Hall–Kier alpha value is -0.750. The SMILES string of the molecule is CC(C)(C)n1c(CBr)nnc1-c1ccc(Br)c(F)c1. The van der Waals surface area contributed by atoms with Crippen LogP contribution in [0.2, 0.25) is 0 Å². The van der Waals surface area contributed by atoms with E-state index in [9.17, 15) is 4.39 Å². The highest BCUT2D eigenvalue weighted by molar-refractivity contribution is 9.10. The second-order valence-corrected chi connectivity index (χ2v) is 6.62. The lowest BCUT2D eigenvalue weighted by atomic mass is 10.1. The number of hydrogen-bond donors (Lipinski definition) is 0. The van der Waals surface area contributed by atoms with Gasteiger partial charge in [0, 0.05) is 11.1 Å². The predicted molar refractivity (Wildman–Crippen MR) is 80.7 cm³/mol. The smallest absolute Gasteiger partial charge is 0.164 e. The molecule has 0 aliphatic heterocycles. The molecule has 0 spiro atoms. The molecule has 0 saturated heterocycles. The van der Waals surface area contributed by atoms with Crippen molar-refractivity contribution in [1.82, 2.24) is 14.8 Å². The van der Waals surface area contributed by atoms with Crippen molar-refractivity contribution in [3.05, 3.63) is 34.3 Å². The topological polar surface area (TPSA) is 30.7 Å². The minimum absolute atomic E-state index is 0.175. The van der Waals surface area contributed by atoms with E-state index in [1.165, 1.54) is 6.07 Å². The molecule has 0 aliphatic carbocycles. The van der Waals surface area contributed by atoms with Crippen LogP contribution < -0.4 is 0 Å². The molecule has 0 saturated carbocycles. The Morgan fingerprint density at radius 2 is 1.95 bits per heavy atom. The summed E-state index contributed by atoms with van der Waals surface area (Å²) < 4.78 is 16.1. The zero-order valence-corrected chi connectivity index (χ0v) is 14.1. The van der Waals surface area contributed by atoms with Gasteiger partial charge in [-0.15, -0.1) is 10.2 Å². The lowest BCUT2D eigenvalue weighted by Crippen LogP contribution is -2.24. The fourth-order valence-electron chi connectivity index (χ4n) is 1.93. The Balaban J connectivity index is 2.62. The summed E-state index contributed by atoms with van der Waals surface area (Å²) in [6.45, 7) is 6.21. The van der Waals surface area contributed by atoms with Crippen molar-refractivity contribution in [3.63, 3.8) is 0 Å². The van der Waals surface area contributed by atoms with Crippen LogP contribution in [0, 0.1) is 5.82 Å². The fraction of sp³-hybridized carbons (Fsp3) is 0.385. The van der Waals surface area contributed by atoms with Crippen molar-refractivity contribution >= 4 is 31.9 Å². The average molecular weight is 391 g/mol. The molecule has 0 unspecified atom stereocenters. The van der Waals surface area contributed by atoms with Crippen LogP contribution in [0.25, 0.3) is 11.4 Å². The van der Waals surface area contributed by atoms with Crippen LogP contribution in [0.5, 0.6) is 0 Å². The van der Waals surface area contributed by atoms with Crippen LogP contribution in [0.4, 0.5) is 4.39 Å². The fourth-order valence-corrected chi connectivity index (χ4v) is 2.54. The Kier molecular flexibility index (Phi) is 4.11. The molecule has 2 rings (SSSR count). The predicted octanol–water partition coefficient (Wildman–Crippen LogP) is 4.50. The summed E-state index contributed by atoms with van der Waals surface area (Å²) in [6.07, 6.45) is 0. The van der Waals surface area contributed by atoms with Crippen LogP contribution >= 0.6 is 31.9 Å². The second-order valence-electron chi connectivity index (χ2n) is 5.21. The van der Waals surface area contributed by atoms with Crippen molar-refractivity contribution in [2.75, 3.05) is 0 Å². The summed E-state index contributed by atoms with van der Waals surface area (Å²) in [5, 5.41) is 8.96. The standard InChI is InChI=1S/C13H14Br2FN3/c1-13(2,3)19-11(7-14)17-18-12(19)8-4-5-9(15)10(16)6-8/h4-6H,7H2,1-3H3. The number of halogens is 3. The molecular weight excluding hydrogens is 377 g/mol. The third-order valence-electron chi connectivity index (χ3n) is 2.70. The Labute approximate surface area is 128 Å². The molecule has 1 heterocycles. The molecule has 1 aromatic heterocycles. The number of rotatable bonds is 2. The molecule has 102 valence electrons. The maximum Gasteiger partial charge on any atom is 0.164 e. The van der Waals surface area contributed by atoms with Gasteiger partial charge in [-0.1, -0.05) is 15.9 Å². The lowest BCUT2D eigenvalue weighted by Gasteiger charge is -2.24. The first-order valence-corrected chi connectivity index (χ1v) is 7.72. The molecule has 0 radical (unpaired) electrons. The van der Waals surface area contributed by atoms with Crippen molar-refractivity contribution in [3.8, 4) is 11.4 Å². The summed E-state index contributed by atoms with van der Waals surface area (Å²) in [7, 11) is 0. The summed E-state index contributed by atoms with van der Waals surface area (Å²) in [5.74, 6) is 1.19. The highest BCUT2D eigenvalue weighted by atomic mass is 79.9. The number of benzene rings is 1. The van der Waals surface area contributed by atoms with Gasteiger partial charge in [0.05, 0.1) is 9.80 Å². The van der Waals surface area contributed by atoms with Gasteiger partial charge < -0.3 is 4.57 Å². The third kappa shape index (κ3) is 2.89. The van der Waals surface area contributed by atoms with Gasteiger partial charge >= 0.3 is 0 Å². The molecular formula is C13H14Br2FN3. The number of alkyl halides is 1. The minimum Gasteiger partial charge on any atom is -0.305 e. The van der Waals surface area contributed by atoms with Crippen molar-refractivity contribution in [2.45, 2.75) is 31.6 Å². The maximum absolute atomic E-state index is 13.7. The van der Waals surface area contributed by atoms with E-state index in [1.807, 2.05) is 10.6 Å². The first kappa shape index (κ1) is 14.7. The van der Waals surface area contributed by atoms with Crippen LogP contribution in [-0.4, -0.2) is 14.8 Å². The molecule has 0 bridgehead atoms. The average Bonchev–Trinajstić information content (AvgIpc) is 2.76. The summed E-state index contributed by atoms with van der Waals surface area (Å²) >= 11 is 6.56. The second kappa shape index (κ2) is 5.32. The summed E-state index contributed by atoms with van der Waals surface area (Å²) in [4.78, 5) is 0. The van der Waals surface area contributed by atoms with Gasteiger partial charge in [-0.05, 0) is 54.9 Å². The number of nitrogens with zero attached hydrogens (tertiary/aromatic N) is 3. The van der Waals surface area contributed by atoms with Gasteiger partial charge in [-0.25, -0.2) is 4.39 Å². The van der Waals surface area contributed by atoms with Crippen molar-refractivity contribution in [1.29, 1.82) is 0 Å².